The molecule has 0 unspecified atom stereocenters. The van der Waals surface area contributed by atoms with Crippen LogP contribution in [0.2, 0.25) is 0 Å². The van der Waals surface area contributed by atoms with E-state index in [9.17, 15) is 4.79 Å². The third-order valence-electron chi connectivity index (χ3n) is 3.65. The Morgan fingerprint density at radius 2 is 1.91 bits per heavy atom. The van der Waals surface area contributed by atoms with E-state index in [1.165, 1.54) is 11.8 Å². The molecule has 2 aromatic carbocycles. The van der Waals surface area contributed by atoms with Crippen LogP contribution >= 0.6 is 11.8 Å². The summed E-state index contributed by atoms with van der Waals surface area (Å²) in [5, 5.41) is 2.93. The Balaban J connectivity index is 1.52. The molecule has 0 aliphatic carbocycles. The fraction of sp³-hybridized carbons (Fsp3) is 0.0556. The van der Waals surface area contributed by atoms with Crippen LogP contribution in [0.4, 0.5) is 0 Å². The van der Waals surface area contributed by atoms with Gasteiger partial charge in [0.15, 0.2) is 16.6 Å². The molecular formula is C18H13N3OS. The number of aromatic nitrogens is 3. The van der Waals surface area contributed by atoms with Gasteiger partial charge in [0, 0.05) is 11.8 Å². The summed E-state index contributed by atoms with van der Waals surface area (Å²) in [6.45, 7) is 0. The van der Waals surface area contributed by atoms with Crippen LogP contribution in [0.1, 0.15) is 10.4 Å². The van der Waals surface area contributed by atoms with E-state index in [-0.39, 0.29) is 5.78 Å². The predicted molar refractivity (Wildman–Crippen MR) is 92.9 cm³/mol. The number of ketones is 1. The second kappa shape index (κ2) is 5.85. The smallest absolute Gasteiger partial charge is 0.178 e. The fourth-order valence-corrected chi connectivity index (χ4v) is 3.24. The number of H-pyrrole nitrogens is 1. The van der Waals surface area contributed by atoms with Gasteiger partial charge >= 0.3 is 0 Å². The summed E-state index contributed by atoms with van der Waals surface area (Å²) in [6, 6.07) is 17.6. The van der Waals surface area contributed by atoms with Crippen molar-refractivity contribution < 1.29 is 4.79 Å². The maximum atomic E-state index is 12.4. The molecular weight excluding hydrogens is 306 g/mol. The van der Waals surface area contributed by atoms with E-state index in [2.05, 4.69) is 15.0 Å². The first-order valence-electron chi connectivity index (χ1n) is 7.25. The van der Waals surface area contributed by atoms with Crippen molar-refractivity contribution in [2.24, 2.45) is 0 Å². The predicted octanol–water partition coefficient (Wildman–Crippen LogP) is 4.09. The normalized spacial score (nSPS) is 11.1. The first-order valence-corrected chi connectivity index (χ1v) is 8.24. The summed E-state index contributed by atoms with van der Waals surface area (Å²) >= 11 is 1.40. The first kappa shape index (κ1) is 14.0. The van der Waals surface area contributed by atoms with E-state index < -0.39 is 0 Å². The average molecular weight is 319 g/mol. The van der Waals surface area contributed by atoms with Crippen molar-refractivity contribution in [1.82, 2.24) is 15.0 Å². The van der Waals surface area contributed by atoms with Crippen molar-refractivity contribution in [3.63, 3.8) is 0 Å². The monoisotopic (exact) mass is 319 g/mol. The van der Waals surface area contributed by atoms with E-state index in [0.717, 1.165) is 21.9 Å². The Bertz CT molecular complexity index is 976. The van der Waals surface area contributed by atoms with Crippen molar-refractivity contribution in [3.8, 4) is 0 Å². The molecule has 112 valence electrons. The zero-order chi connectivity index (χ0) is 15.6. The third-order valence-corrected chi connectivity index (χ3v) is 4.52. The second-order valence-corrected chi connectivity index (χ2v) is 6.15. The molecule has 0 fully saturated rings. The van der Waals surface area contributed by atoms with E-state index in [4.69, 9.17) is 0 Å². The molecule has 0 aliphatic heterocycles. The Labute approximate surface area is 137 Å². The molecule has 2 heterocycles. The van der Waals surface area contributed by atoms with Crippen LogP contribution in [0.3, 0.4) is 0 Å². The summed E-state index contributed by atoms with van der Waals surface area (Å²) in [5.74, 6) is 0.437. The molecule has 5 heteroatoms. The fourth-order valence-electron chi connectivity index (χ4n) is 2.47. The number of pyridine rings is 1. The molecule has 0 spiro atoms. The molecule has 23 heavy (non-hydrogen) atoms. The number of carbonyl (C=O) groups excluding carboxylic acids is 1. The van der Waals surface area contributed by atoms with Crippen molar-refractivity contribution in [2.75, 3.05) is 5.75 Å². The van der Waals surface area contributed by atoms with Crippen LogP contribution in [-0.4, -0.2) is 26.5 Å². The molecule has 0 aliphatic rings. The quantitative estimate of drug-likeness (QED) is 0.455. The Morgan fingerprint density at radius 1 is 1.04 bits per heavy atom. The standard InChI is InChI=1S/C18H13N3OS/c22-16(14-8-7-12-4-1-2-5-13(12)10-14)11-23-18-20-15-6-3-9-19-17(15)21-18/h1-10H,11H2,(H,19,20,21). The van der Waals surface area contributed by atoms with Gasteiger partial charge in [0.25, 0.3) is 0 Å². The van der Waals surface area contributed by atoms with Gasteiger partial charge in [-0.25, -0.2) is 9.97 Å². The summed E-state index contributed by atoms with van der Waals surface area (Å²) < 4.78 is 0. The van der Waals surface area contributed by atoms with Gasteiger partial charge in [-0.3, -0.25) is 4.79 Å². The van der Waals surface area contributed by atoms with Crippen LogP contribution in [0.5, 0.6) is 0 Å². The molecule has 2 aromatic heterocycles. The SMILES string of the molecule is O=C(CSc1nc2ncccc2[nH]1)c1ccc2ccccc2c1. The topological polar surface area (TPSA) is 58.6 Å². The van der Waals surface area contributed by atoms with Gasteiger partial charge in [0.2, 0.25) is 0 Å². The van der Waals surface area contributed by atoms with Gasteiger partial charge in [-0.05, 0) is 29.0 Å². The molecule has 4 nitrogen and oxygen atoms in total. The molecule has 0 atom stereocenters. The first-order chi connectivity index (χ1) is 11.3. The Hall–Kier alpha value is -2.66. The number of Topliss-reactive ketones (excluding diaryl/α,β-unsaturated/α-hetero) is 1. The van der Waals surface area contributed by atoms with Crippen molar-refractivity contribution in [1.29, 1.82) is 0 Å². The summed E-state index contributed by atoms with van der Waals surface area (Å²) in [6.07, 6.45) is 1.71. The molecule has 4 rings (SSSR count). The number of carbonyl (C=O) groups is 1. The molecule has 0 amide bonds. The lowest BCUT2D eigenvalue weighted by Gasteiger charge is -2.02. The van der Waals surface area contributed by atoms with Crippen molar-refractivity contribution >= 4 is 39.5 Å². The highest BCUT2D eigenvalue weighted by Gasteiger charge is 2.10. The zero-order valence-electron chi connectivity index (χ0n) is 12.2. The van der Waals surface area contributed by atoms with Gasteiger partial charge in [0.1, 0.15) is 0 Å². The number of imidazole rings is 1. The van der Waals surface area contributed by atoms with Crippen LogP contribution in [0.25, 0.3) is 21.9 Å². The van der Waals surface area contributed by atoms with E-state index in [1.54, 1.807) is 6.20 Å². The van der Waals surface area contributed by atoms with E-state index >= 15 is 0 Å². The zero-order valence-corrected chi connectivity index (χ0v) is 13.0. The summed E-state index contributed by atoms with van der Waals surface area (Å²) in [7, 11) is 0. The Morgan fingerprint density at radius 3 is 2.78 bits per heavy atom. The van der Waals surface area contributed by atoms with Gasteiger partial charge in [-0.2, -0.15) is 0 Å². The minimum Gasteiger partial charge on any atom is -0.332 e. The number of thioether (sulfide) groups is 1. The van der Waals surface area contributed by atoms with E-state index in [0.29, 0.717) is 16.6 Å². The molecule has 0 saturated carbocycles. The number of nitrogens with one attached hydrogen (secondary N) is 1. The summed E-state index contributed by atoms with van der Waals surface area (Å²) in [5.41, 5.74) is 2.28. The lowest BCUT2D eigenvalue weighted by molar-refractivity contribution is 0.102. The number of aromatic amines is 1. The number of benzene rings is 2. The number of hydrogen-bond donors (Lipinski definition) is 1. The number of fused-ring (bicyclic) bond motifs is 2. The highest BCUT2D eigenvalue weighted by atomic mass is 32.2. The van der Waals surface area contributed by atoms with Crippen LogP contribution < -0.4 is 0 Å². The van der Waals surface area contributed by atoms with Crippen molar-refractivity contribution in [2.45, 2.75) is 5.16 Å². The lowest BCUT2D eigenvalue weighted by Crippen LogP contribution is -2.02. The van der Waals surface area contributed by atoms with Gasteiger partial charge in [-0.15, -0.1) is 0 Å². The van der Waals surface area contributed by atoms with Gasteiger partial charge in [0.05, 0.1) is 11.3 Å². The van der Waals surface area contributed by atoms with Gasteiger partial charge < -0.3 is 4.98 Å². The second-order valence-electron chi connectivity index (χ2n) is 5.19. The van der Waals surface area contributed by atoms with Gasteiger partial charge in [-0.1, -0.05) is 48.2 Å². The van der Waals surface area contributed by atoms with Crippen LogP contribution in [0, 0.1) is 0 Å². The maximum Gasteiger partial charge on any atom is 0.178 e. The average Bonchev–Trinajstić information content (AvgIpc) is 3.02. The molecule has 1 N–H and O–H groups in total. The van der Waals surface area contributed by atoms with E-state index in [1.807, 2.05) is 54.6 Å². The number of nitrogens with zero attached hydrogens (tertiary/aromatic N) is 2. The highest BCUT2D eigenvalue weighted by molar-refractivity contribution is 7.99. The molecule has 0 bridgehead atoms. The molecule has 4 aromatic rings. The van der Waals surface area contributed by atoms with Crippen LogP contribution in [0.15, 0.2) is 66.0 Å². The minimum absolute atomic E-state index is 0.0918. The lowest BCUT2D eigenvalue weighted by atomic mass is 10.1. The largest absolute Gasteiger partial charge is 0.332 e. The maximum absolute atomic E-state index is 12.4. The third kappa shape index (κ3) is 2.83. The molecule has 0 saturated heterocycles. The minimum atomic E-state index is 0.0918. The number of hydrogen-bond acceptors (Lipinski definition) is 4. The van der Waals surface area contributed by atoms with Crippen molar-refractivity contribution in [3.05, 3.63) is 66.4 Å². The van der Waals surface area contributed by atoms with Crippen LogP contribution in [-0.2, 0) is 0 Å². The highest BCUT2D eigenvalue weighted by Crippen LogP contribution is 2.21. The molecule has 0 radical (unpaired) electrons. The Kier molecular flexibility index (Phi) is 3.55. The number of rotatable bonds is 4. The summed E-state index contributed by atoms with van der Waals surface area (Å²) in [4.78, 5) is 24.1.